The SMILES string of the molecule is CC(=O)Nc1cccc(-n2c(SCc3coc(-c4ccc(C)cc4C)n3)nnc2C2CC2)c1. The molecule has 1 aliphatic rings. The predicted octanol–water partition coefficient (Wildman–Crippen LogP) is 5.67. The van der Waals surface area contributed by atoms with Crippen LogP contribution in [-0.2, 0) is 10.5 Å². The Bertz CT molecular complexity index is 1320. The monoisotopic (exact) mass is 459 g/mol. The van der Waals surface area contributed by atoms with Gasteiger partial charge in [0.1, 0.15) is 12.1 Å². The average Bonchev–Trinajstić information content (AvgIpc) is 3.36. The lowest BCUT2D eigenvalue weighted by molar-refractivity contribution is -0.114. The highest BCUT2D eigenvalue weighted by Gasteiger charge is 2.31. The van der Waals surface area contributed by atoms with E-state index in [4.69, 9.17) is 9.40 Å². The summed E-state index contributed by atoms with van der Waals surface area (Å²) in [5, 5.41) is 12.6. The highest BCUT2D eigenvalue weighted by Crippen LogP contribution is 2.41. The van der Waals surface area contributed by atoms with E-state index < -0.39 is 0 Å². The Balaban J connectivity index is 1.39. The highest BCUT2D eigenvalue weighted by atomic mass is 32.2. The molecule has 0 aliphatic heterocycles. The Morgan fingerprint density at radius 3 is 2.79 bits per heavy atom. The van der Waals surface area contributed by atoms with Crippen molar-refractivity contribution in [3.05, 3.63) is 71.4 Å². The number of anilines is 1. The van der Waals surface area contributed by atoms with Crippen LogP contribution in [-0.4, -0.2) is 25.7 Å². The number of aromatic nitrogens is 4. The molecule has 5 rings (SSSR count). The number of carbonyl (C=O) groups excluding carboxylic acids is 1. The Hall–Kier alpha value is -3.39. The molecule has 2 aromatic carbocycles. The van der Waals surface area contributed by atoms with Crippen LogP contribution in [0.3, 0.4) is 0 Å². The number of carbonyl (C=O) groups is 1. The summed E-state index contributed by atoms with van der Waals surface area (Å²) in [6.07, 6.45) is 3.95. The number of hydrogen-bond donors (Lipinski definition) is 1. The maximum Gasteiger partial charge on any atom is 0.226 e. The highest BCUT2D eigenvalue weighted by molar-refractivity contribution is 7.98. The molecule has 1 saturated carbocycles. The molecular formula is C25H25N5O2S. The van der Waals surface area contributed by atoms with Gasteiger partial charge in [-0.1, -0.05) is 35.5 Å². The molecule has 0 atom stereocenters. The van der Waals surface area contributed by atoms with Crippen LogP contribution in [0.25, 0.3) is 17.1 Å². The number of nitrogens with zero attached hydrogens (tertiary/aromatic N) is 4. The van der Waals surface area contributed by atoms with Gasteiger partial charge >= 0.3 is 0 Å². The van der Waals surface area contributed by atoms with Gasteiger partial charge in [0.25, 0.3) is 0 Å². The average molecular weight is 460 g/mol. The van der Waals surface area contributed by atoms with Crippen LogP contribution >= 0.6 is 11.8 Å². The van der Waals surface area contributed by atoms with Gasteiger partial charge < -0.3 is 9.73 Å². The second kappa shape index (κ2) is 8.86. The van der Waals surface area contributed by atoms with Gasteiger partial charge in [0, 0.05) is 29.8 Å². The minimum Gasteiger partial charge on any atom is -0.444 e. The number of rotatable bonds is 7. The molecule has 0 bridgehead atoms. The molecule has 0 saturated heterocycles. The van der Waals surface area contributed by atoms with E-state index in [0.29, 0.717) is 17.6 Å². The molecule has 8 heteroatoms. The fraction of sp³-hybridized carbons (Fsp3) is 0.280. The zero-order valence-corrected chi connectivity index (χ0v) is 19.6. The first kappa shape index (κ1) is 21.5. The number of benzene rings is 2. The molecule has 1 N–H and O–H groups in total. The number of nitrogens with one attached hydrogen (secondary N) is 1. The van der Waals surface area contributed by atoms with Gasteiger partial charge in [0.2, 0.25) is 11.8 Å². The van der Waals surface area contributed by atoms with Crippen LogP contribution in [0.2, 0.25) is 0 Å². The maximum atomic E-state index is 11.5. The second-order valence-electron chi connectivity index (χ2n) is 8.43. The van der Waals surface area contributed by atoms with Crippen molar-refractivity contribution in [1.82, 2.24) is 19.7 Å². The minimum atomic E-state index is -0.0985. The summed E-state index contributed by atoms with van der Waals surface area (Å²) in [5.41, 5.74) is 5.90. The normalized spacial score (nSPS) is 13.3. The fourth-order valence-electron chi connectivity index (χ4n) is 3.84. The lowest BCUT2D eigenvalue weighted by Crippen LogP contribution is -2.07. The summed E-state index contributed by atoms with van der Waals surface area (Å²) in [6.45, 7) is 5.65. The standard InChI is InChI=1S/C25H25N5O2S/c1-15-7-10-22(16(2)11-15)24-27-20(13-32-24)14-33-25-29-28-23(18-8-9-18)30(25)21-6-4-5-19(12-21)26-17(3)31/h4-7,10-13,18H,8-9,14H2,1-3H3,(H,26,31). The first-order chi connectivity index (χ1) is 16.0. The Labute approximate surface area is 196 Å². The molecular weight excluding hydrogens is 434 g/mol. The quantitative estimate of drug-likeness (QED) is 0.359. The van der Waals surface area contributed by atoms with Gasteiger partial charge in [0.05, 0.1) is 11.4 Å². The van der Waals surface area contributed by atoms with Gasteiger partial charge in [-0.05, 0) is 56.5 Å². The zero-order chi connectivity index (χ0) is 22.9. The van der Waals surface area contributed by atoms with Crippen LogP contribution in [0.5, 0.6) is 0 Å². The van der Waals surface area contributed by atoms with Crippen LogP contribution < -0.4 is 5.32 Å². The number of amides is 1. The van der Waals surface area contributed by atoms with Crippen molar-refractivity contribution in [2.45, 2.75) is 50.4 Å². The Morgan fingerprint density at radius 1 is 1.18 bits per heavy atom. The van der Waals surface area contributed by atoms with E-state index in [2.05, 4.69) is 46.1 Å². The number of thioether (sulfide) groups is 1. The van der Waals surface area contributed by atoms with Gasteiger partial charge in [0.15, 0.2) is 5.16 Å². The first-order valence-corrected chi connectivity index (χ1v) is 11.9. The van der Waals surface area contributed by atoms with Crippen molar-refractivity contribution >= 4 is 23.4 Å². The van der Waals surface area contributed by atoms with Crippen molar-refractivity contribution in [2.24, 2.45) is 0 Å². The molecule has 1 fully saturated rings. The molecule has 0 radical (unpaired) electrons. The summed E-state index contributed by atoms with van der Waals surface area (Å²) in [7, 11) is 0. The van der Waals surface area contributed by atoms with Crippen molar-refractivity contribution in [3.63, 3.8) is 0 Å². The smallest absolute Gasteiger partial charge is 0.226 e. The molecule has 4 aromatic rings. The molecule has 7 nitrogen and oxygen atoms in total. The third-order valence-electron chi connectivity index (χ3n) is 5.54. The zero-order valence-electron chi connectivity index (χ0n) is 18.8. The van der Waals surface area contributed by atoms with E-state index in [9.17, 15) is 4.79 Å². The number of aryl methyl sites for hydroxylation is 2. The Kier molecular flexibility index (Phi) is 5.76. The minimum absolute atomic E-state index is 0.0985. The van der Waals surface area contributed by atoms with E-state index >= 15 is 0 Å². The molecule has 2 heterocycles. The topological polar surface area (TPSA) is 85.8 Å². The second-order valence-corrected chi connectivity index (χ2v) is 9.38. The van der Waals surface area contributed by atoms with Crippen molar-refractivity contribution in [2.75, 3.05) is 5.32 Å². The van der Waals surface area contributed by atoms with E-state index in [1.54, 1.807) is 18.0 Å². The maximum absolute atomic E-state index is 11.5. The van der Waals surface area contributed by atoms with Crippen molar-refractivity contribution < 1.29 is 9.21 Å². The summed E-state index contributed by atoms with van der Waals surface area (Å²) in [4.78, 5) is 16.2. The summed E-state index contributed by atoms with van der Waals surface area (Å²) in [6, 6.07) is 14.0. The molecule has 1 aliphatic carbocycles. The molecule has 0 spiro atoms. The van der Waals surface area contributed by atoms with E-state index in [-0.39, 0.29) is 5.91 Å². The molecule has 168 valence electrons. The Morgan fingerprint density at radius 2 is 2.03 bits per heavy atom. The third kappa shape index (κ3) is 4.71. The van der Waals surface area contributed by atoms with Gasteiger partial charge in [-0.3, -0.25) is 9.36 Å². The summed E-state index contributed by atoms with van der Waals surface area (Å²) in [5.74, 6) is 2.54. The van der Waals surface area contributed by atoms with Crippen LogP contribution in [0.15, 0.2) is 58.3 Å². The van der Waals surface area contributed by atoms with Crippen molar-refractivity contribution in [3.8, 4) is 17.1 Å². The summed E-state index contributed by atoms with van der Waals surface area (Å²) >= 11 is 1.58. The molecule has 1 amide bonds. The largest absolute Gasteiger partial charge is 0.444 e. The molecule has 2 aromatic heterocycles. The van der Waals surface area contributed by atoms with Gasteiger partial charge in [-0.2, -0.15) is 0 Å². The van der Waals surface area contributed by atoms with Crippen LogP contribution in [0.1, 0.15) is 48.3 Å². The number of oxazole rings is 1. The lowest BCUT2D eigenvalue weighted by atomic mass is 10.1. The van der Waals surface area contributed by atoms with Crippen LogP contribution in [0, 0.1) is 13.8 Å². The fourth-order valence-corrected chi connectivity index (χ4v) is 4.67. The molecule has 33 heavy (non-hydrogen) atoms. The third-order valence-corrected chi connectivity index (χ3v) is 6.50. The predicted molar refractivity (Wildman–Crippen MR) is 129 cm³/mol. The van der Waals surface area contributed by atoms with Gasteiger partial charge in [-0.15, -0.1) is 10.2 Å². The summed E-state index contributed by atoms with van der Waals surface area (Å²) < 4.78 is 7.87. The van der Waals surface area contributed by atoms with E-state index in [1.807, 2.05) is 30.3 Å². The van der Waals surface area contributed by atoms with Crippen molar-refractivity contribution in [1.29, 1.82) is 0 Å². The lowest BCUT2D eigenvalue weighted by Gasteiger charge is -2.11. The van der Waals surface area contributed by atoms with E-state index in [0.717, 1.165) is 52.0 Å². The molecule has 0 unspecified atom stereocenters. The first-order valence-electron chi connectivity index (χ1n) is 11.0. The van der Waals surface area contributed by atoms with Gasteiger partial charge in [-0.25, -0.2) is 4.98 Å². The van der Waals surface area contributed by atoms with E-state index in [1.165, 1.54) is 12.5 Å². The number of hydrogen-bond acceptors (Lipinski definition) is 6. The van der Waals surface area contributed by atoms with Crippen LogP contribution in [0.4, 0.5) is 5.69 Å².